The van der Waals surface area contributed by atoms with Crippen molar-refractivity contribution in [3.05, 3.63) is 65.8 Å². The van der Waals surface area contributed by atoms with Crippen molar-refractivity contribution in [3.63, 3.8) is 0 Å². The number of nitrogens with one attached hydrogen (secondary N) is 2. The lowest BCUT2D eigenvalue weighted by Gasteiger charge is -2.42. The molecular formula is C43H57N3O10S. The molecule has 0 aliphatic carbocycles. The fraction of sp³-hybridized carbons (Fsp3) is 0.535. The molecule has 4 bridgehead atoms. The monoisotopic (exact) mass is 807 g/mol. The lowest BCUT2D eigenvalue weighted by Crippen LogP contribution is -2.63. The van der Waals surface area contributed by atoms with E-state index in [-0.39, 0.29) is 29.9 Å². The Morgan fingerprint density at radius 2 is 1.84 bits per heavy atom. The number of esters is 1. The highest BCUT2D eigenvalue weighted by Gasteiger charge is 2.64. The van der Waals surface area contributed by atoms with Gasteiger partial charge < -0.3 is 39.0 Å². The quantitative estimate of drug-likeness (QED) is 0.127. The number of hydrogen-bond acceptors (Lipinski definition) is 11. The number of epoxide rings is 1. The van der Waals surface area contributed by atoms with Gasteiger partial charge in [-0.25, -0.2) is 4.79 Å². The predicted octanol–water partition coefficient (Wildman–Crippen LogP) is 6.37. The number of rotatable bonds is 9. The van der Waals surface area contributed by atoms with Gasteiger partial charge in [0.2, 0.25) is 11.8 Å². The molecule has 57 heavy (non-hydrogen) atoms. The third-order valence-electron chi connectivity index (χ3n) is 11.0. The number of thiol groups is 1. The molecule has 0 saturated carbocycles. The van der Waals surface area contributed by atoms with Crippen LogP contribution in [0.25, 0.3) is 11.1 Å². The summed E-state index contributed by atoms with van der Waals surface area (Å²) < 4.78 is 29.7. The smallest absolute Gasteiger partial charge is 0.409 e. The van der Waals surface area contributed by atoms with Gasteiger partial charge in [0, 0.05) is 44.2 Å². The Morgan fingerprint density at radius 3 is 2.47 bits per heavy atom. The molecule has 0 spiro atoms. The number of fused-ring (bicyclic) bond motifs is 5. The first-order chi connectivity index (χ1) is 26.9. The number of carbonyl (C=O) groups is 4. The number of anilines is 2. The van der Waals surface area contributed by atoms with E-state index in [4.69, 9.17) is 23.7 Å². The zero-order valence-corrected chi connectivity index (χ0v) is 35.2. The van der Waals surface area contributed by atoms with Crippen LogP contribution >= 0.6 is 12.6 Å². The first-order valence-electron chi connectivity index (χ1n) is 19.4. The minimum atomic E-state index is -1.80. The number of ether oxygens (including phenoxy) is 5. The highest BCUT2D eigenvalue weighted by Crippen LogP contribution is 2.49. The summed E-state index contributed by atoms with van der Waals surface area (Å²) >= 11 is 4.37. The molecule has 3 N–H and O–H groups in total. The maximum atomic E-state index is 14.5. The second-order valence-electron chi connectivity index (χ2n) is 16.0. The van der Waals surface area contributed by atoms with Gasteiger partial charge in [0.25, 0.3) is 0 Å². The van der Waals surface area contributed by atoms with Crippen molar-refractivity contribution in [2.24, 2.45) is 11.8 Å². The van der Waals surface area contributed by atoms with Gasteiger partial charge in [0.05, 0.1) is 31.2 Å². The van der Waals surface area contributed by atoms with E-state index < -0.39 is 59.6 Å². The largest absolute Gasteiger partial charge is 0.496 e. The van der Waals surface area contributed by atoms with Gasteiger partial charge in [-0.3, -0.25) is 19.7 Å². The molecule has 2 fully saturated rings. The normalized spacial score (nSPS) is 29.9. The van der Waals surface area contributed by atoms with Crippen LogP contribution in [0, 0.1) is 11.8 Å². The summed E-state index contributed by atoms with van der Waals surface area (Å²) in [7, 11) is 4.69. The Morgan fingerprint density at radius 1 is 1.14 bits per heavy atom. The van der Waals surface area contributed by atoms with Gasteiger partial charge in [-0.1, -0.05) is 63.6 Å². The second-order valence-corrected chi connectivity index (χ2v) is 16.8. The lowest BCUT2D eigenvalue weighted by atomic mass is 9.83. The van der Waals surface area contributed by atoms with E-state index in [1.54, 1.807) is 52.0 Å². The number of alkyl carbamates (subject to hydrolysis) is 1. The Labute approximate surface area is 340 Å². The number of hydrogen-bond donors (Lipinski definition) is 4. The maximum absolute atomic E-state index is 14.5. The standard InChI is InChI=1S/C43H57N3O10S/c1-24(2)40(49)55-35-22-37(48)46(7)31-20-28(21-32(52-8)38(31)29-14-16-30(17-15-29)44-36(47)18-13-26(4)57)19-25(3)11-10-12-34(53-9)43(51)23-33(54-41(50)45-43)27(5)39-42(35,6)56-39/h10-12,14-17,20-21,24,26-27,33-35,39,51,57H,13,18-19,22-23H2,1-9H3,(H,44,47)(H,45,50)/b12-10+,25-11+/t26?,27-,33+,34-,35+,39+,42+,43+/m1/s1. The predicted molar refractivity (Wildman–Crippen MR) is 220 cm³/mol. The Kier molecular flexibility index (Phi) is 13.9. The summed E-state index contributed by atoms with van der Waals surface area (Å²) in [5, 5.41) is 17.3. The second kappa shape index (κ2) is 18.0. The molecule has 2 saturated heterocycles. The van der Waals surface area contributed by atoms with Gasteiger partial charge in [0.15, 0.2) is 5.72 Å². The minimum Gasteiger partial charge on any atom is -0.496 e. The molecule has 3 amide bonds. The highest BCUT2D eigenvalue weighted by atomic mass is 32.1. The number of amides is 3. The van der Waals surface area contributed by atoms with Crippen LogP contribution in [-0.4, -0.2) is 91.2 Å². The molecule has 1 unspecified atom stereocenters. The van der Waals surface area contributed by atoms with Crippen molar-refractivity contribution in [1.82, 2.24) is 5.32 Å². The molecular weight excluding hydrogens is 751 g/mol. The highest BCUT2D eigenvalue weighted by molar-refractivity contribution is 7.80. The number of aliphatic hydroxyl groups is 1. The van der Waals surface area contributed by atoms with Crippen LogP contribution in [-0.2, 0) is 39.8 Å². The Bertz CT molecular complexity index is 1880. The molecule has 3 heterocycles. The number of nitrogens with zero attached hydrogens (tertiary/aromatic N) is 1. The SMILES string of the molecule is COc1cc2cc(c1-c1ccc(NC(=O)CCC(C)S)cc1)N(C)C(=O)C[C@H](OC(=O)C(C)C)[C@]1(C)O[C@H]1[C@H](C)[C@@H]1C[C@@](O)(NC(=O)O1)[C@H](OC)/C=C/C=C(\C)C2. The number of allylic oxidation sites excluding steroid dienone is 3. The van der Waals surface area contributed by atoms with Crippen LogP contribution in [0.5, 0.6) is 5.75 Å². The van der Waals surface area contributed by atoms with Crippen molar-refractivity contribution in [2.75, 3.05) is 31.5 Å². The van der Waals surface area contributed by atoms with Crippen LogP contribution in [0.1, 0.15) is 72.8 Å². The average molecular weight is 808 g/mol. The summed E-state index contributed by atoms with van der Waals surface area (Å²) in [6.45, 7) is 10.9. The van der Waals surface area contributed by atoms with Crippen LogP contribution in [0.3, 0.4) is 0 Å². The van der Waals surface area contributed by atoms with E-state index in [1.807, 2.05) is 63.2 Å². The molecule has 13 nitrogen and oxygen atoms in total. The maximum Gasteiger partial charge on any atom is 0.409 e. The molecule has 5 rings (SSSR count). The Balaban J connectivity index is 1.59. The van der Waals surface area contributed by atoms with Gasteiger partial charge in [-0.2, -0.15) is 12.6 Å². The first-order valence-corrected chi connectivity index (χ1v) is 19.9. The fourth-order valence-electron chi connectivity index (χ4n) is 7.51. The molecule has 3 aliphatic heterocycles. The molecule has 310 valence electrons. The van der Waals surface area contributed by atoms with E-state index in [1.165, 1.54) is 7.11 Å². The summed E-state index contributed by atoms with van der Waals surface area (Å²) in [6.07, 6.45) is 2.44. The van der Waals surface area contributed by atoms with Crippen LogP contribution in [0.2, 0.25) is 0 Å². The van der Waals surface area contributed by atoms with E-state index in [9.17, 15) is 24.3 Å². The van der Waals surface area contributed by atoms with Crippen molar-refractivity contribution in [3.8, 4) is 16.9 Å². The molecule has 2 aromatic carbocycles. The Hall–Kier alpha value is -4.37. The third-order valence-corrected chi connectivity index (χ3v) is 11.2. The number of methoxy groups -OCH3 is 2. The van der Waals surface area contributed by atoms with Crippen LogP contribution in [0.4, 0.5) is 16.2 Å². The number of benzene rings is 2. The zero-order valence-electron chi connectivity index (χ0n) is 34.3. The van der Waals surface area contributed by atoms with Gasteiger partial charge in [-0.15, -0.1) is 0 Å². The minimum absolute atomic E-state index is 0.0173. The van der Waals surface area contributed by atoms with E-state index in [2.05, 4.69) is 23.3 Å². The zero-order chi connectivity index (χ0) is 41.8. The van der Waals surface area contributed by atoms with Crippen molar-refractivity contribution < 1.29 is 48.0 Å². The third kappa shape index (κ3) is 10.2. The summed E-state index contributed by atoms with van der Waals surface area (Å²) in [5.74, 6) is -1.37. The van der Waals surface area contributed by atoms with Gasteiger partial charge in [-0.05, 0) is 67.3 Å². The van der Waals surface area contributed by atoms with Crippen molar-refractivity contribution >= 4 is 47.9 Å². The van der Waals surface area contributed by atoms with Gasteiger partial charge >= 0.3 is 12.1 Å². The van der Waals surface area contributed by atoms with Crippen LogP contribution < -0.4 is 20.3 Å². The van der Waals surface area contributed by atoms with E-state index in [0.717, 1.165) is 16.7 Å². The molecule has 3 aliphatic rings. The molecule has 0 aromatic heterocycles. The molecule has 2 aromatic rings. The topological polar surface area (TPSA) is 165 Å². The summed E-state index contributed by atoms with van der Waals surface area (Å²) in [5.41, 5.74) is 1.46. The first kappa shape index (κ1) is 43.7. The van der Waals surface area contributed by atoms with Crippen molar-refractivity contribution in [2.45, 2.75) is 115 Å². The molecule has 0 radical (unpaired) electrons. The average Bonchev–Trinajstić information content (AvgIpc) is 3.85. The van der Waals surface area contributed by atoms with E-state index >= 15 is 0 Å². The molecule has 8 atom stereocenters. The van der Waals surface area contributed by atoms with Gasteiger partial charge in [0.1, 0.15) is 29.7 Å². The fourth-order valence-corrected chi connectivity index (χ4v) is 7.64. The number of carbonyl (C=O) groups excluding carboxylic acids is 4. The van der Waals surface area contributed by atoms with E-state index in [0.29, 0.717) is 42.0 Å². The summed E-state index contributed by atoms with van der Waals surface area (Å²) in [6, 6.07) is 11.2. The van der Waals surface area contributed by atoms with Crippen molar-refractivity contribution in [1.29, 1.82) is 0 Å². The van der Waals surface area contributed by atoms with Crippen LogP contribution in [0.15, 0.2) is 60.2 Å². The lowest BCUT2D eigenvalue weighted by molar-refractivity contribution is -0.157. The molecule has 14 heteroatoms. The summed E-state index contributed by atoms with van der Waals surface area (Å²) in [4.78, 5) is 54.6.